The van der Waals surface area contributed by atoms with Crippen LogP contribution in [-0.4, -0.2) is 90.1 Å². The van der Waals surface area contributed by atoms with Crippen LogP contribution in [0.1, 0.15) is 138 Å². The third kappa shape index (κ3) is 11.3. The summed E-state index contributed by atoms with van der Waals surface area (Å²) in [6.45, 7) is 15.2. The van der Waals surface area contributed by atoms with Gasteiger partial charge >= 0.3 is 6.03 Å². The molecule has 1 saturated heterocycles. The van der Waals surface area contributed by atoms with Gasteiger partial charge in [-0.25, -0.2) is 13.2 Å². The molecule has 3 aliphatic carbocycles. The summed E-state index contributed by atoms with van der Waals surface area (Å²) >= 11 is 0. The van der Waals surface area contributed by atoms with Crippen LogP contribution in [0.2, 0.25) is 0 Å². The van der Waals surface area contributed by atoms with Gasteiger partial charge in [0.25, 0.3) is 5.91 Å². The van der Waals surface area contributed by atoms with Crippen LogP contribution in [0.3, 0.4) is 0 Å². The molecule has 12 nitrogen and oxygen atoms in total. The Kier molecular flexibility index (Phi) is 14.3. The van der Waals surface area contributed by atoms with Crippen molar-refractivity contribution in [3.05, 3.63) is 12.7 Å². The molecule has 0 aromatic carbocycles. The Hall–Kier alpha value is -2.96. The van der Waals surface area contributed by atoms with Gasteiger partial charge in [0, 0.05) is 13.1 Å². The molecule has 5 amide bonds. The van der Waals surface area contributed by atoms with Gasteiger partial charge in [-0.15, -0.1) is 6.58 Å². The van der Waals surface area contributed by atoms with Gasteiger partial charge in [-0.05, 0) is 88.9 Å². The van der Waals surface area contributed by atoms with Gasteiger partial charge < -0.3 is 26.2 Å². The van der Waals surface area contributed by atoms with E-state index in [0.29, 0.717) is 38.6 Å². The Balaban J connectivity index is 1.61. The zero-order valence-corrected chi connectivity index (χ0v) is 34.0. The number of likely N-dealkylation sites (tertiary alicyclic amines) is 1. The number of amides is 5. The minimum Gasteiger partial charge on any atom is -0.346 e. The van der Waals surface area contributed by atoms with Gasteiger partial charge in [0.15, 0.2) is 9.84 Å². The number of Topliss-reactive ketones (excluding diaryl/α,β-unsaturated/α-hetero) is 1. The molecule has 1 unspecified atom stereocenters. The molecule has 4 atom stereocenters. The Morgan fingerprint density at radius 2 is 1.49 bits per heavy atom. The van der Waals surface area contributed by atoms with Crippen molar-refractivity contribution in [3.8, 4) is 0 Å². The number of hydrogen-bond acceptors (Lipinski definition) is 7. The Morgan fingerprint density at radius 3 is 2.04 bits per heavy atom. The fourth-order valence-electron chi connectivity index (χ4n) is 8.74. The second-order valence-corrected chi connectivity index (χ2v) is 21.0. The molecule has 3 saturated carbocycles. The summed E-state index contributed by atoms with van der Waals surface area (Å²) in [6.07, 6.45) is 13.2. The summed E-state index contributed by atoms with van der Waals surface area (Å²) in [5.41, 5.74) is -1.16. The number of ketones is 1. The Morgan fingerprint density at radius 1 is 0.887 bits per heavy atom. The van der Waals surface area contributed by atoms with Gasteiger partial charge in [-0.1, -0.05) is 78.2 Å². The zero-order valence-electron chi connectivity index (χ0n) is 33.2. The summed E-state index contributed by atoms with van der Waals surface area (Å²) in [6, 6.07) is -3.42. The molecule has 0 aromatic rings. The standard InChI is InChI=1S/C40H67N5O7S/c1-8-22-41-35(48)33(46)30(24-28-15-16-28)42-34(47)32-29(27(2)3)17-23-45(32)36(49)31(25-39(7)18-11-9-12-19-39)43-37(50)44-40(20-13-10-14-21-40)26-53(51,52)38(4,5)6/h8,27-32H,1,9-26H2,2-7H3,(H,41,48)(H,42,47)(H2,43,44,50)/t29?,30-,31-,32-/m0/s1. The molecule has 4 N–H and O–H groups in total. The molecule has 1 aliphatic heterocycles. The lowest BCUT2D eigenvalue weighted by atomic mass is 9.71. The second-order valence-electron chi connectivity index (χ2n) is 18.2. The highest BCUT2D eigenvalue weighted by Gasteiger charge is 2.48. The van der Waals surface area contributed by atoms with E-state index in [9.17, 15) is 32.4 Å². The van der Waals surface area contributed by atoms with Crippen molar-refractivity contribution in [3.63, 3.8) is 0 Å². The van der Waals surface area contributed by atoms with Crippen molar-refractivity contribution in [1.29, 1.82) is 0 Å². The van der Waals surface area contributed by atoms with Gasteiger partial charge in [0.05, 0.1) is 22.1 Å². The Labute approximate surface area is 318 Å². The first kappa shape index (κ1) is 42.8. The largest absolute Gasteiger partial charge is 0.346 e. The van der Waals surface area contributed by atoms with Gasteiger partial charge in [-0.2, -0.15) is 0 Å². The highest BCUT2D eigenvalue weighted by Crippen LogP contribution is 2.41. The second kappa shape index (κ2) is 17.7. The van der Waals surface area contributed by atoms with Crippen LogP contribution in [0.25, 0.3) is 0 Å². The van der Waals surface area contributed by atoms with Crippen LogP contribution in [-0.2, 0) is 29.0 Å². The number of rotatable bonds is 16. The number of carbonyl (C=O) groups is 5. The topological polar surface area (TPSA) is 171 Å². The minimum absolute atomic E-state index is 0.0403. The molecule has 4 aliphatic rings. The monoisotopic (exact) mass is 761 g/mol. The summed E-state index contributed by atoms with van der Waals surface area (Å²) in [5, 5.41) is 11.5. The maximum Gasteiger partial charge on any atom is 0.315 e. The quantitative estimate of drug-likeness (QED) is 0.127. The summed E-state index contributed by atoms with van der Waals surface area (Å²) < 4.78 is 25.9. The number of urea groups is 1. The molecule has 13 heteroatoms. The fraction of sp³-hybridized carbons (Fsp3) is 0.825. The first-order valence-electron chi connectivity index (χ1n) is 20.2. The van der Waals surface area contributed by atoms with Gasteiger partial charge in [0.2, 0.25) is 17.6 Å². The van der Waals surface area contributed by atoms with Crippen LogP contribution in [0.4, 0.5) is 4.79 Å². The molecule has 1 heterocycles. The zero-order chi connectivity index (χ0) is 39.2. The maximum atomic E-state index is 14.8. The van der Waals surface area contributed by atoms with Crippen LogP contribution in [0.15, 0.2) is 12.7 Å². The van der Waals surface area contributed by atoms with E-state index < -0.39 is 61.9 Å². The van der Waals surface area contributed by atoms with Crippen molar-refractivity contribution < 1.29 is 32.4 Å². The van der Waals surface area contributed by atoms with Gasteiger partial charge in [0.1, 0.15) is 12.1 Å². The predicted octanol–water partition coefficient (Wildman–Crippen LogP) is 4.96. The third-order valence-corrected chi connectivity index (χ3v) is 15.1. The number of sulfone groups is 1. The molecule has 0 bridgehead atoms. The van der Waals surface area contributed by atoms with E-state index in [-0.39, 0.29) is 41.4 Å². The summed E-state index contributed by atoms with van der Waals surface area (Å²) in [7, 11) is -3.57. The molecule has 4 fully saturated rings. The fourth-order valence-corrected chi connectivity index (χ4v) is 10.3. The molecule has 0 spiro atoms. The van der Waals surface area contributed by atoms with Crippen molar-refractivity contribution in [2.24, 2.45) is 23.2 Å². The van der Waals surface area contributed by atoms with Crippen molar-refractivity contribution in [1.82, 2.24) is 26.2 Å². The molecular weight excluding hydrogens is 695 g/mol. The maximum absolute atomic E-state index is 14.8. The van der Waals surface area contributed by atoms with E-state index in [1.54, 1.807) is 25.7 Å². The molecule has 300 valence electrons. The Bertz CT molecular complexity index is 1460. The van der Waals surface area contributed by atoms with Crippen LogP contribution in [0, 0.1) is 23.2 Å². The SMILES string of the molecule is C=CCNC(=O)C(=O)[C@H](CC1CC1)NC(=O)[C@@H]1C(C(C)C)CCN1C(=O)[C@H](CC1(C)CCCCC1)NC(=O)NC1(CS(=O)(=O)C(C)(C)C)CCCCC1. The molecule has 0 radical (unpaired) electrons. The van der Waals surface area contributed by atoms with E-state index in [4.69, 9.17) is 0 Å². The third-order valence-electron chi connectivity index (χ3n) is 12.3. The first-order chi connectivity index (χ1) is 24.8. The molecule has 53 heavy (non-hydrogen) atoms. The van der Waals surface area contributed by atoms with Crippen molar-refractivity contribution in [2.45, 2.75) is 166 Å². The average Bonchev–Trinajstić information content (AvgIpc) is 3.78. The van der Waals surface area contributed by atoms with Crippen LogP contribution >= 0.6 is 0 Å². The van der Waals surface area contributed by atoms with E-state index in [1.165, 1.54) is 6.08 Å². The summed E-state index contributed by atoms with van der Waals surface area (Å²) in [5.74, 6) is -2.41. The van der Waals surface area contributed by atoms with Crippen LogP contribution in [0.5, 0.6) is 0 Å². The number of nitrogens with one attached hydrogen (secondary N) is 4. The van der Waals surface area contributed by atoms with E-state index in [2.05, 4.69) is 34.8 Å². The number of carbonyl (C=O) groups excluding carboxylic acids is 5. The molecular formula is C40H67N5O7S. The molecule has 4 rings (SSSR count). The van der Waals surface area contributed by atoms with Crippen molar-refractivity contribution in [2.75, 3.05) is 18.8 Å². The number of nitrogens with zero attached hydrogens (tertiary/aromatic N) is 1. The van der Waals surface area contributed by atoms with Gasteiger partial charge in [-0.3, -0.25) is 19.2 Å². The minimum atomic E-state index is -3.57. The van der Waals surface area contributed by atoms with E-state index in [0.717, 1.165) is 64.2 Å². The van der Waals surface area contributed by atoms with Crippen molar-refractivity contribution >= 4 is 39.4 Å². The van der Waals surface area contributed by atoms with E-state index >= 15 is 0 Å². The highest BCUT2D eigenvalue weighted by molar-refractivity contribution is 7.92. The molecule has 0 aromatic heterocycles. The van der Waals surface area contributed by atoms with Crippen LogP contribution < -0.4 is 21.3 Å². The normalized spacial score (nSPS) is 24.1. The lowest BCUT2D eigenvalue weighted by molar-refractivity contribution is -0.144. The highest BCUT2D eigenvalue weighted by atomic mass is 32.2. The van der Waals surface area contributed by atoms with E-state index in [1.807, 2.05) is 13.8 Å². The average molecular weight is 762 g/mol. The number of hydrogen-bond donors (Lipinski definition) is 4. The lowest BCUT2D eigenvalue weighted by Gasteiger charge is -2.41. The first-order valence-corrected chi connectivity index (χ1v) is 21.8. The predicted molar refractivity (Wildman–Crippen MR) is 207 cm³/mol. The smallest absolute Gasteiger partial charge is 0.315 e. The summed E-state index contributed by atoms with van der Waals surface area (Å²) in [4.78, 5) is 70.7. The lowest BCUT2D eigenvalue weighted by Crippen LogP contribution is -2.62.